The van der Waals surface area contributed by atoms with Crippen LogP contribution < -0.4 is 0 Å². The molecule has 0 amide bonds. The van der Waals surface area contributed by atoms with Crippen molar-refractivity contribution in [1.82, 2.24) is 0 Å². The zero-order chi connectivity index (χ0) is 10.5. The Labute approximate surface area is 119 Å². The van der Waals surface area contributed by atoms with Crippen LogP contribution in [0.4, 0.5) is 0 Å². The van der Waals surface area contributed by atoms with E-state index in [4.69, 9.17) is 0 Å². The maximum atomic E-state index is 2.21. The molecule has 0 aliphatic carbocycles. The summed E-state index contributed by atoms with van der Waals surface area (Å²) in [6.07, 6.45) is 0. The average Bonchev–Trinajstić information content (AvgIpc) is 2.36. The molecule has 0 heterocycles. The predicted molar refractivity (Wildman–Crippen MR) is 70.1 cm³/mol. The molecule has 17 heavy (non-hydrogen) atoms. The standard InChI is InChI=1S/C16H10.Zr/c1-3-11-7-9-13-5-2-6-14-10-8-12(4-1)15(11)16(13)14;/h1-10H;. The average molecular weight is 293 g/mol. The molecule has 0 saturated carbocycles. The summed E-state index contributed by atoms with van der Waals surface area (Å²) in [4.78, 5) is 0. The molecular weight excluding hydrogens is 283 g/mol. The molecule has 0 radical (unpaired) electrons. The second-order valence-corrected chi connectivity index (χ2v) is 4.29. The van der Waals surface area contributed by atoms with Crippen molar-refractivity contribution in [2.75, 3.05) is 0 Å². The minimum Gasteiger partial charge on any atom is -0.0610 e. The molecule has 78 valence electrons. The van der Waals surface area contributed by atoms with Crippen molar-refractivity contribution in [1.29, 1.82) is 0 Å². The van der Waals surface area contributed by atoms with Gasteiger partial charge in [-0.3, -0.25) is 0 Å². The molecule has 0 saturated heterocycles. The number of benzene rings is 4. The third-order valence-electron chi connectivity index (χ3n) is 3.39. The first-order valence-corrected chi connectivity index (χ1v) is 5.56. The Hall–Kier alpha value is -1.20. The molecule has 0 unspecified atom stereocenters. The summed E-state index contributed by atoms with van der Waals surface area (Å²) in [7, 11) is 0. The maximum absolute atomic E-state index is 2.21. The van der Waals surface area contributed by atoms with Crippen molar-refractivity contribution in [3.05, 3.63) is 60.7 Å². The van der Waals surface area contributed by atoms with Crippen LogP contribution in [0.3, 0.4) is 0 Å². The molecular formula is C16H10Zr. The Morgan fingerprint density at radius 3 is 1.00 bits per heavy atom. The molecule has 0 bridgehead atoms. The van der Waals surface area contributed by atoms with E-state index in [1.54, 1.807) is 0 Å². The van der Waals surface area contributed by atoms with Gasteiger partial charge in [-0.05, 0) is 32.3 Å². The van der Waals surface area contributed by atoms with Crippen molar-refractivity contribution in [2.45, 2.75) is 0 Å². The van der Waals surface area contributed by atoms with E-state index in [-0.39, 0.29) is 26.2 Å². The summed E-state index contributed by atoms with van der Waals surface area (Å²) in [5.74, 6) is 0. The maximum Gasteiger partial charge on any atom is 0 e. The van der Waals surface area contributed by atoms with Crippen LogP contribution in [0.5, 0.6) is 0 Å². The van der Waals surface area contributed by atoms with E-state index in [1.807, 2.05) is 0 Å². The molecule has 4 rings (SSSR count). The summed E-state index contributed by atoms with van der Waals surface area (Å²) in [5, 5.41) is 8.14. The summed E-state index contributed by atoms with van der Waals surface area (Å²) in [6, 6.07) is 21.9. The molecule has 0 nitrogen and oxygen atoms in total. The van der Waals surface area contributed by atoms with E-state index >= 15 is 0 Å². The topological polar surface area (TPSA) is 0 Å². The Bertz CT molecular complexity index is 672. The van der Waals surface area contributed by atoms with Crippen LogP contribution in [0, 0.1) is 0 Å². The van der Waals surface area contributed by atoms with Gasteiger partial charge in [0.15, 0.2) is 0 Å². The van der Waals surface area contributed by atoms with Crippen molar-refractivity contribution in [3.63, 3.8) is 0 Å². The first-order chi connectivity index (χ1) is 7.93. The molecule has 0 fully saturated rings. The largest absolute Gasteiger partial charge is 0.0610 e. The molecule has 0 spiro atoms. The monoisotopic (exact) mass is 292 g/mol. The number of hydrogen-bond acceptors (Lipinski definition) is 0. The van der Waals surface area contributed by atoms with Gasteiger partial charge in [0.05, 0.1) is 0 Å². The van der Waals surface area contributed by atoms with E-state index in [9.17, 15) is 0 Å². The van der Waals surface area contributed by atoms with Crippen LogP contribution in [0.25, 0.3) is 32.3 Å². The van der Waals surface area contributed by atoms with Gasteiger partial charge < -0.3 is 0 Å². The molecule has 4 aromatic carbocycles. The van der Waals surface area contributed by atoms with Gasteiger partial charge in [-0.1, -0.05) is 60.7 Å². The van der Waals surface area contributed by atoms with Gasteiger partial charge in [0.25, 0.3) is 0 Å². The normalized spacial score (nSPS) is 11.1. The van der Waals surface area contributed by atoms with E-state index in [1.165, 1.54) is 32.3 Å². The van der Waals surface area contributed by atoms with Crippen molar-refractivity contribution in [2.24, 2.45) is 0 Å². The Kier molecular flexibility index (Phi) is 2.52. The molecule has 4 aromatic rings. The van der Waals surface area contributed by atoms with E-state index in [2.05, 4.69) is 60.7 Å². The van der Waals surface area contributed by atoms with E-state index < -0.39 is 0 Å². The molecule has 1 heteroatoms. The Balaban J connectivity index is 0.000000902. The van der Waals surface area contributed by atoms with Crippen molar-refractivity contribution < 1.29 is 26.2 Å². The van der Waals surface area contributed by atoms with Crippen molar-refractivity contribution >= 4 is 32.3 Å². The Morgan fingerprint density at radius 1 is 0.412 bits per heavy atom. The smallest absolute Gasteiger partial charge is 0 e. The molecule has 0 N–H and O–H groups in total. The van der Waals surface area contributed by atoms with Crippen LogP contribution in [0.1, 0.15) is 0 Å². The summed E-state index contributed by atoms with van der Waals surface area (Å²) in [6.45, 7) is 0. The van der Waals surface area contributed by atoms with Gasteiger partial charge >= 0.3 is 0 Å². The van der Waals surface area contributed by atoms with Gasteiger partial charge in [0.2, 0.25) is 0 Å². The minimum absolute atomic E-state index is 0. The summed E-state index contributed by atoms with van der Waals surface area (Å²) >= 11 is 0. The third kappa shape index (κ3) is 1.46. The Morgan fingerprint density at radius 2 is 0.706 bits per heavy atom. The van der Waals surface area contributed by atoms with Crippen LogP contribution >= 0.6 is 0 Å². The van der Waals surface area contributed by atoms with Gasteiger partial charge in [-0.25, -0.2) is 0 Å². The van der Waals surface area contributed by atoms with Gasteiger partial charge in [-0.2, -0.15) is 0 Å². The quantitative estimate of drug-likeness (QED) is 0.416. The zero-order valence-electron chi connectivity index (χ0n) is 9.27. The van der Waals surface area contributed by atoms with Gasteiger partial charge in [-0.15, -0.1) is 0 Å². The van der Waals surface area contributed by atoms with E-state index in [0.29, 0.717) is 0 Å². The molecule has 0 atom stereocenters. The second kappa shape index (κ2) is 3.93. The minimum atomic E-state index is 0. The fourth-order valence-corrected chi connectivity index (χ4v) is 2.67. The number of rotatable bonds is 0. The first kappa shape index (κ1) is 10.9. The first-order valence-electron chi connectivity index (χ1n) is 5.56. The summed E-state index contributed by atoms with van der Waals surface area (Å²) < 4.78 is 0. The molecule has 0 aliphatic rings. The van der Waals surface area contributed by atoms with Crippen LogP contribution in [0.2, 0.25) is 0 Å². The fraction of sp³-hybridized carbons (Fsp3) is 0. The second-order valence-electron chi connectivity index (χ2n) is 4.29. The summed E-state index contributed by atoms with van der Waals surface area (Å²) in [5.41, 5.74) is 0. The molecule has 0 aromatic heterocycles. The third-order valence-corrected chi connectivity index (χ3v) is 3.39. The number of hydrogen-bond donors (Lipinski definition) is 0. The molecule has 0 aliphatic heterocycles. The van der Waals surface area contributed by atoms with Crippen LogP contribution in [-0.4, -0.2) is 0 Å². The van der Waals surface area contributed by atoms with Crippen molar-refractivity contribution in [3.8, 4) is 0 Å². The SMILES string of the molecule is [Zr].c1cc2ccc3cccc4ccc(c1)c2c34. The van der Waals surface area contributed by atoms with Gasteiger partial charge in [0.1, 0.15) is 0 Å². The van der Waals surface area contributed by atoms with Crippen LogP contribution in [-0.2, 0) is 26.2 Å². The fourth-order valence-electron chi connectivity index (χ4n) is 2.67. The van der Waals surface area contributed by atoms with E-state index in [0.717, 1.165) is 0 Å². The predicted octanol–water partition coefficient (Wildman–Crippen LogP) is 4.58. The van der Waals surface area contributed by atoms with Gasteiger partial charge in [0, 0.05) is 26.2 Å². The zero-order valence-corrected chi connectivity index (χ0v) is 11.7. The van der Waals surface area contributed by atoms with Crippen LogP contribution in [0.15, 0.2) is 60.7 Å².